The molecule has 0 aliphatic heterocycles. The number of hydrogen-bond acceptors (Lipinski definition) is 6. The van der Waals surface area contributed by atoms with Crippen molar-refractivity contribution in [1.82, 2.24) is 9.97 Å². The van der Waals surface area contributed by atoms with Crippen LogP contribution in [0.15, 0.2) is 36.7 Å². The smallest absolute Gasteiger partial charge is 0.483 e. The van der Waals surface area contributed by atoms with Gasteiger partial charge in [-0.05, 0) is 24.1 Å². The number of nitrogens with zero attached hydrogens (tertiary/aromatic N) is 2. The van der Waals surface area contributed by atoms with Crippen LogP contribution >= 0.6 is 0 Å². The van der Waals surface area contributed by atoms with Crippen LogP contribution in [0.4, 0.5) is 48.3 Å². The molecule has 196 valence electrons. The zero-order valence-electron chi connectivity index (χ0n) is 16.8. The Labute approximate surface area is 188 Å². The van der Waals surface area contributed by atoms with Crippen LogP contribution in [0.1, 0.15) is 5.56 Å². The summed E-state index contributed by atoms with van der Waals surface area (Å²) < 4.78 is 149. The topological polar surface area (TPSA) is 73.7 Å². The number of alkyl halides is 11. The molecule has 1 heterocycles. The number of halogens is 11. The lowest BCUT2D eigenvalue weighted by Crippen LogP contribution is -2.55. The first kappa shape index (κ1) is 28.4. The molecule has 0 atom stereocenters. The van der Waals surface area contributed by atoms with Crippen molar-refractivity contribution >= 4 is 0 Å². The summed E-state index contributed by atoms with van der Waals surface area (Å²) in [6.45, 7) is -2.84. The Hall–Kier alpha value is -2.79. The van der Waals surface area contributed by atoms with E-state index in [0.29, 0.717) is 5.56 Å². The second-order valence-electron chi connectivity index (χ2n) is 6.61. The lowest BCUT2D eigenvalue weighted by Gasteiger charge is -2.31. The molecule has 0 saturated carbocycles. The molecule has 6 nitrogen and oxygen atoms in total. The van der Waals surface area contributed by atoms with Gasteiger partial charge in [-0.25, -0.2) is 19.4 Å². The van der Waals surface area contributed by atoms with Crippen molar-refractivity contribution in [2.24, 2.45) is 0 Å². The van der Waals surface area contributed by atoms with E-state index in [2.05, 4.69) is 19.4 Å². The highest BCUT2D eigenvalue weighted by atomic mass is 19.4. The van der Waals surface area contributed by atoms with Crippen molar-refractivity contribution in [2.45, 2.75) is 37.0 Å². The second-order valence-corrected chi connectivity index (χ2v) is 6.61. The maximum absolute atomic E-state index is 13.5. The Morgan fingerprint density at radius 2 is 1.34 bits per heavy atom. The van der Waals surface area contributed by atoms with E-state index in [-0.39, 0.29) is 23.6 Å². The van der Waals surface area contributed by atoms with Crippen LogP contribution in [0.2, 0.25) is 0 Å². The van der Waals surface area contributed by atoms with Crippen molar-refractivity contribution in [3.05, 3.63) is 42.2 Å². The van der Waals surface area contributed by atoms with Gasteiger partial charge in [-0.2, -0.15) is 48.3 Å². The molecule has 0 saturated heterocycles. The lowest BCUT2D eigenvalue weighted by atomic mass is 10.1. The molecule has 2 aromatic rings. The molecule has 1 aromatic heterocycles. The molecule has 1 N–H and O–H groups in total. The van der Waals surface area contributed by atoms with E-state index in [1.165, 1.54) is 36.7 Å². The first-order chi connectivity index (χ1) is 15.9. The normalized spacial score (nSPS) is 13.8. The van der Waals surface area contributed by atoms with E-state index >= 15 is 0 Å². The quantitative estimate of drug-likeness (QED) is 0.311. The van der Waals surface area contributed by atoms with Gasteiger partial charge >= 0.3 is 30.6 Å². The summed E-state index contributed by atoms with van der Waals surface area (Å²) in [5.41, 5.74) is 0.503. The van der Waals surface area contributed by atoms with Crippen LogP contribution < -0.4 is 0 Å². The molecular formula is C18H13F11N2O4. The van der Waals surface area contributed by atoms with Crippen LogP contribution in [0, 0.1) is 0 Å². The van der Waals surface area contributed by atoms with Gasteiger partial charge in [-0.15, -0.1) is 0 Å². The fourth-order valence-corrected chi connectivity index (χ4v) is 2.29. The van der Waals surface area contributed by atoms with Gasteiger partial charge in [0.2, 0.25) is 0 Å². The molecule has 0 unspecified atom stereocenters. The van der Waals surface area contributed by atoms with E-state index in [1.54, 1.807) is 4.74 Å². The molecule has 1 aromatic carbocycles. The Morgan fingerprint density at radius 1 is 0.771 bits per heavy atom. The summed E-state index contributed by atoms with van der Waals surface area (Å²) in [7, 11) is 0. The number of phenols is 1. The third-order valence-corrected chi connectivity index (χ3v) is 3.90. The molecule has 0 amide bonds. The Balaban J connectivity index is 1.93. The summed E-state index contributed by atoms with van der Waals surface area (Å²) in [6.07, 6.45) is -29.8. The number of hydrogen-bond donors (Lipinski definition) is 1. The van der Waals surface area contributed by atoms with E-state index in [0.717, 1.165) is 0 Å². The molecule has 0 bridgehead atoms. The highest BCUT2D eigenvalue weighted by Crippen LogP contribution is 2.47. The third kappa shape index (κ3) is 7.35. The first-order valence-electron chi connectivity index (χ1n) is 9.02. The zero-order valence-corrected chi connectivity index (χ0v) is 16.8. The zero-order chi connectivity index (χ0) is 26.7. The maximum Gasteiger partial charge on any atom is 0.483 e. The fourth-order valence-electron chi connectivity index (χ4n) is 2.29. The molecular weight excluding hydrogens is 517 g/mol. The highest BCUT2D eigenvalue weighted by Gasteiger charge is 2.72. The van der Waals surface area contributed by atoms with E-state index < -0.39 is 43.8 Å². The molecule has 2 rings (SSSR count). The average molecular weight is 530 g/mol. The predicted molar refractivity (Wildman–Crippen MR) is 91.7 cm³/mol. The number of phenolic OH excluding ortho intramolecular Hbond substituents is 1. The number of benzene rings is 1. The molecule has 17 heteroatoms. The maximum atomic E-state index is 13.5. The Kier molecular flexibility index (Phi) is 8.18. The summed E-state index contributed by atoms with van der Waals surface area (Å²) in [6, 6.07) is 5.53. The minimum absolute atomic E-state index is 0.119. The van der Waals surface area contributed by atoms with Crippen LogP contribution in [0.25, 0.3) is 11.4 Å². The third-order valence-electron chi connectivity index (χ3n) is 3.90. The molecule has 0 aliphatic carbocycles. The summed E-state index contributed by atoms with van der Waals surface area (Å²) in [4.78, 5) is 7.87. The standard InChI is InChI=1S/C18H13F11N2O4/c19-14(20,34-17(26,27)18(28,29)35-16(24,25)15(21,22)23)9-33-7-4-10-2-3-11(8-12(10)32)13-30-5-1-6-31-13/h1-3,5-6,8,32H,4,7,9H2. The van der Waals surface area contributed by atoms with Gasteiger partial charge in [0.05, 0.1) is 6.61 Å². The average Bonchev–Trinajstić information content (AvgIpc) is 2.70. The van der Waals surface area contributed by atoms with Crippen molar-refractivity contribution in [1.29, 1.82) is 0 Å². The summed E-state index contributed by atoms with van der Waals surface area (Å²) >= 11 is 0. The summed E-state index contributed by atoms with van der Waals surface area (Å²) in [5.74, 6) is -0.104. The van der Waals surface area contributed by atoms with E-state index in [1.807, 2.05) is 0 Å². The second kappa shape index (κ2) is 10.1. The van der Waals surface area contributed by atoms with Gasteiger partial charge < -0.3 is 9.84 Å². The van der Waals surface area contributed by atoms with Crippen molar-refractivity contribution in [3.8, 4) is 17.1 Å². The van der Waals surface area contributed by atoms with E-state index in [4.69, 9.17) is 0 Å². The van der Waals surface area contributed by atoms with Crippen LogP contribution in [-0.2, 0) is 20.6 Å². The van der Waals surface area contributed by atoms with E-state index in [9.17, 15) is 53.4 Å². The minimum Gasteiger partial charge on any atom is -0.508 e. The number of rotatable bonds is 11. The van der Waals surface area contributed by atoms with Crippen molar-refractivity contribution in [2.75, 3.05) is 13.2 Å². The van der Waals surface area contributed by atoms with Crippen molar-refractivity contribution in [3.63, 3.8) is 0 Å². The predicted octanol–water partition coefficient (Wildman–Crippen LogP) is 5.38. The van der Waals surface area contributed by atoms with Gasteiger partial charge in [0.15, 0.2) is 5.82 Å². The van der Waals surface area contributed by atoms with Crippen LogP contribution in [-0.4, -0.2) is 58.9 Å². The molecule has 0 aliphatic rings. The fraction of sp³-hybridized carbons (Fsp3) is 0.444. The van der Waals surface area contributed by atoms with Gasteiger partial charge in [0.25, 0.3) is 0 Å². The Bertz CT molecular complexity index is 988. The first-order valence-corrected chi connectivity index (χ1v) is 9.02. The number of aromatic nitrogens is 2. The summed E-state index contributed by atoms with van der Waals surface area (Å²) in [5, 5.41) is 9.98. The monoisotopic (exact) mass is 530 g/mol. The largest absolute Gasteiger partial charge is 0.508 e. The number of ether oxygens (including phenoxy) is 3. The van der Waals surface area contributed by atoms with Gasteiger partial charge in [-0.3, -0.25) is 0 Å². The minimum atomic E-state index is -6.85. The SMILES string of the molecule is Oc1cc(-c2ncccn2)ccc1CCOCC(F)(F)OC(F)(F)C(F)(F)OC(F)(F)C(F)(F)F. The Morgan fingerprint density at radius 3 is 1.89 bits per heavy atom. The lowest BCUT2D eigenvalue weighted by molar-refractivity contribution is -0.537. The number of aromatic hydroxyl groups is 1. The molecule has 0 spiro atoms. The van der Waals surface area contributed by atoms with Gasteiger partial charge in [-0.1, -0.05) is 12.1 Å². The van der Waals surface area contributed by atoms with Gasteiger partial charge in [0, 0.05) is 18.0 Å². The molecule has 0 radical (unpaired) electrons. The van der Waals surface area contributed by atoms with Crippen molar-refractivity contribution < 1.29 is 67.6 Å². The molecule has 35 heavy (non-hydrogen) atoms. The van der Waals surface area contributed by atoms with Crippen LogP contribution in [0.3, 0.4) is 0 Å². The van der Waals surface area contributed by atoms with Gasteiger partial charge in [0.1, 0.15) is 12.4 Å². The molecule has 0 fully saturated rings. The van der Waals surface area contributed by atoms with Crippen LogP contribution in [0.5, 0.6) is 5.75 Å². The highest BCUT2D eigenvalue weighted by molar-refractivity contribution is 5.58.